The van der Waals surface area contributed by atoms with Crippen LogP contribution in [0.4, 0.5) is 4.39 Å². The van der Waals surface area contributed by atoms with Crippen LogP contribution in [0.1, 0.15) is 35.9 Å². The van der Waals surface area contributed by atoms with Crippen molar-refractivity contribution in [1.82, 2.24) is 4.90 Å². The van der Waals surface area contributed by atoms with Crippen LogP contribution in [0.15, 0.2) is 24.3 Å². The number of aliphatic hydroxyl groups is 1. The molecular formula is C16H18FNO2S. The zero-order valence-corrected chi connectivity index (χ0v) is 12.8. The molecule has 3 rings (SSSR count). The number of thiophene rings is 1. The predicted octanol–water partition coefficient (Wildman–Crippen LogP) is 3.42. The topological polar surface area (TPSA) is 40.5 Å². The largest absolute Gasteiger partial charge is 0.390 e. The van der Waals surface area contributed by atoms with Gasteiger partial charge in [-0.2, -0.15) is 0 Å². The molecule has 1 amide bonds. The molecular weight excluding hydrogens is 289 g/mol. The molecule has 3 nitrogen and oxygen atoms in total. The molecule has 2 aromatic rings. The molecule has 2 heterocycles. The van der Waals surface area contributed by atoms with E-state index in [1.54, 1.807) is 11.0 Å². The third-order valence-corrected chi connectivity index (χ3v) is 5.13. The number of carbonyl (C=O) groups excluding carboxylic acids is 1. The van der Waals surface area contributed by atoms with Crippen LogP contribution in [0.3, 0.4) is 0 Å². The third kappa shape index (κ3) is 3.09. The van der Waals surface area contributed by atoms with Gasteiger partial charge in [-0.1, -0.05) is 6.07 Å². The Morgan fingerprint density at radius 1 is 1.33 bits per heavy atom. The maximum Gasteiger partial charge on any atom is 0.263 e. The van der Waals surface area contributed by atoms with E-state index in [4.69, 9.17) is 0 Å². The molecule has 1 aromatic carbocycles. The number of rotatable bonds is 1. The van der Waals surface area contributed by atoms with Crippen LogP contribution < -0.4 is 0 Å². The Balaban J connectivity index is 1.83. The van der Waals surface area contributed by atoms with E-state index in [0.29, 0.717) is 30.8 Å². The first kappa shape index (κ1) is 14.5. The summed E-state index contributed by atoms with van der Waals surface area (Å²) >= 11 is 1.33. The summed E-state index contributed by atoms with van der Waals surface area (Å²) in [5.74, 6) is -0.302. The second-order valence-electron chi connectivity index (χ2n) is 5.94. The van der Waals surface area contributed by atoms with Crippen molar-refractivity contribution < 1.29 is 14.3 Å². The van der Waals surface area contributed by atoms with Crippen LogP contribution in [0.25, 0.3) is 10.1 Å². The smallest absolute Gasteiger partial charge is 0.263 e. The Bertz CT molecular complexity index is 680. The van der Waals surface area contributed by atoms with Gasteiger partial charge in [0.25, 0.3) is 5.91 Å². The van der Waals surface area contributed by atoms with E-state index in [1.807, 2.05) is 13.0 Å². The number of nitrogens with zero attached hydrogens (tertiary/aromatic N) is 1. The second-order valence-corrected chi connectivity index (χ2v) is 7.02. The molecule has 1 fully saturated rings. The number of hydrogen-bond donors (Lipinski definition) is 1. The molecule has 0 bridgehead atoms. The number of likely N-dealkylation sites (tertiary alicyclic amines) is 1. The number of fused-ring (bicyclic) bond motifs is 1. The minimum Gasteiger partial charge on any atom is -0.390 e. The molecule has 1 atom stereocenters. The molecule has 21 heavy (non-hydrogen) atoms. The molecule has 1 aliphatic heterocycles. The molecule has 1 saturated heterocycles. The third-order valence-electron chi connectivity index (χ3n) is 4.04. The summed E-state index contributed by atoms with van der Waals surface area (Å²) in [6.45, 7) is 3.05. The van der Waals surface area contributed by atoms with Crippen molar-refractivity contribution in [3.8, 4) is 0 Å². The van der Waals surface area contributed by atoms with Crippen molar-refractivity contribution in [2.24, 2.45) is 0 Å². The average molecular weight is 307 g/mol. The summed E-state index contributed by atoms with van der Waals surface area (Å²) in [7, 11) is 0. The summed E-state index contributed by atoms with van der Waals surface area (Å²) in [5, 5.41) is 11.0. The lowest BCUT2D eigenvalue weighted by Crippen LogP contribution is -2.33. The van der Waals surface area contributed by atoms with E-state index in [-0.39, 0.29) is 11.7 Å². The Morgan fingerprint density at radius 3 is 2.95 bits per heavy atom. The monoisotopic (exact) mass is 307 g/mol. The lowest BCUT2D eigenvalue weighted by atomic mass is 9.98. The van der Waals surface area contributed by atoms with Gasteiger partial charge in [0.15, 0.2) is 0 Å². The standard InChI is InChI=1S/C16H18FNO2S/c1-16(20)5-2-7-18(8-6-16)15(19)14-9-11-3-4-12(17)10-13(11)21-14/h3-4,9-10,20H,2,5-8H2,1H3. The zero-order valence-electron chi connectivity index (χ0n) is 11.9. The molecule has 112 valence electrons. The molecule has 1 aliphatic rings. The summed E-state index contributed by atoms with van der Waals surface area (Å²) < 4.78 is 14.0. The Morgan fingerprint density at radius 2 is 2.14 bits per heavy atom. The van der Waals surface area contributed by atoms with Gasteiger partial charge in [0, 0.05) is 17.8 Å². The van der Waals surface area contributed by atoms with Gasteiger partial charge in [0.2, 0.25) is 0 Å². The average Bonchev–Trinajstić information content (AvgIpc) is 2.75. The summed E-state index contributed by atoms with van der Waals surface area (Å²) in [6.07, 6.45) is 2.12. The van der Waals surface area contributed by atoms with Crippen molar-refractivity contribution in [2.45, 2.75) is 31.8 Å². The van der Waals surface area contributed by atoms with Crippen LogP contribution in [0.2, 0.25) is 0 Å². The van der Waals surface area contributed by atoms with Gasteiger partial charge in [0.1, 0.15) is 5.82 Å². The van der Waals surface area contributed by atoms with Gasteiger partial charge >= 0.3 is 0 Å². The van der Waals surface area contributed by atoms with Gasteiger partial charge < -0.3 is 10.0 Å². The summed E-state index contributed by atoms with van der Waals surface area (Å²) in [6, 6.07) is 6.40. The SMILES string of the molecule is CC1(O)CCCN(C(=O)c2cc3ccc(F)cc3s2)CC1. The first-order chi connectivity index (χ1) is 9.94. The van der Waals surface area contributed by atoms with Crippen LogP contribution in [0.5, 0.6) is 0 Å². The molecule has 0 saturated carbocycles. The molecule has 1 N–H and O–H groups in total. The van der Waals surface area contributed by atoms with Gasteiger partial charge in [-0.15, -0.1) is 11.3 Å². The van der Waals surface area contributed by atoms with Crippen LogP contribution in [-0.4, -0.2) is 34.6 Å². The van der Waals surface area contributed by atoms with Crippen molar-refractivity contribution in [1.29, 1.82) is 0 Å². The van der Waals surface area contributed by atoms with Gasteiger partial charge in [-0.25, -0.2) is 4.39 Å². The quantitative estimate of drug-likeness (QED) is 0.877. The van der Waals surface area contributed by atoms with Gasteiger partial charge in [-0.05, 0) is 49.8 Å². The Labute approximate surface area is 127 Å². The lowest BCUT2D eigenvalue weighted by Gasteiger charge is -2.22. The molecule has 0 aliphatic carbocycles. The van der Waals surface area contributed by atoms with Crippen molar-refractivity contribution in [3.05, 3.63) is 35.0 Å². The summed E-state index contributed by atoms with van der Waals surface area (Å²) in [4.78, 5) is 15.0. The highest BCUT2D eigenvalue weighted by molar-refractivity contribution is 7.20. The minimum atomic E-state index is -0.682. The highest BCUT2D eigenvalue weighted by Gasteiger charge is 2.28. The minimum absolute atomic E-state index is 0.0192. The fourth-order valence-electron chi connectivity index (χ4n) is 2.73. The van der Waals surface area contributed by atoms with E-state index in [0.717, 1.165) is 16.5 Å². The van der Waals surface area contributed by atoms with Crippen molar-refractivity contribution in [2.75, 3.05) is 13.1 Å². The molecule has 0 radical (unpaired) electrons. The maximum absolute atomic E-state index is 13.2. The number of halogens is 1. The van der Waals surface area contributed by atoms with Crippen LogP contribution in [0, 0.1) is 5.82 Å². The highest BCUT2D eigenvalue weighted by atomic mass is 32.1. The van der Waals surface area contributed by atoms with Crippen molar-refractivity contribution >= 4 is 27.3 Å². The van der Waals surface area contributed by atoms with E-state index in [9.17, 15) is 14.3 Å². The fourth-order valence-corrected chi connectivity index (χ4v) is 3.79. The molecule has 1 unspecified atom stereocenters. The van der Waals surface area contributed by atoms with E-state index in [1.165, 1.54) is 23.5 Å². The predicted molar refractivity (Wildman–Crippen MR) is 82.2 cm³/mol. The Hall–Kier alpha value is -1.46. The van der Waals surface area contributed by atoms with Crippen LogP contribution >= 0.6 is 11.3 Å². The first-order valence-electron chi connectivity index (χ1n) is 7.15. The number of carbonyl (C=O) groups is 1. The highest BCUT2D eigenvalue weighted by Crippen LogP contribution is 2.29. The number of benzene rings is 1. The number of amides is 1. The molecule has 5 heteroatoms. The van der Waals surface area contributed by atoms with E-state index < -0.39 is 5.60 Å². The zero-order chi connectivity index (χ0) is 15.0. The number of hydrogen-bond acceptors (Lipinski definition) is 3. The van der Waals surface area contributed by atoms with Gasteiger partial charge in [0.05, 0.1) is 10.5 Å². The first-order valence-corrected chi connectivity index (χ1v) is 7.97. The van der Waals surface area contributed by atoms with E-state index in [2.05, 4.69) is 0 Å². The summed E-state index contributed by atoms with van der Waals surface area (Å²) in [5.41, 5.74) is -0.682. The van der Waals surface area contributed by atoms with Crippen LogP contribution in [-0.2, 0) is 0 Å². The normalized spacial score (nSPS) is 23.3. The second kappa shape index (κ2) is 5.39. The Kier molecular flexibility index (Phi) is 3.71. The lowest BCUT2D eigenvalue weighted by molar-refractivity contribution is 0.0438. The molecule has 1 aromatic heterocycles. The fraction of sp³-hybridized carbons (Fsp3) is 0.438. The maximum atomic E-state index is 13.2. The molecule has 0 spiro atoms. The van der Waals surface area contributed by atoms with Gasteiger partial charge in [-0.3, -0.25) is 4.79 Å². The van der Waals surface area contributed by atoms with E-state index >= 15 is 0 Å². The van der Waals surface area contributed by atoms with Crippen molar-refractivity contribution in [3.63, 3.8) is 0 Å².